The van der Waals surface area contributed by atoms with Gasteiger partial charge in [0.2, 0.25) is 0 Å². The van der Waals surface area contributed by atoms with E-state index in [2.05, 4.69) is 12.1 Å². The first-order valence-corrected chi connectivity index (χ1v) is 6.31. The monoisotopic (exact) mass is 255 g/mol. The Morgan fingerprint density at radius 3 is 2.58 bits per heavy atom. The molecule has 0 heterocycles. The van der Waals surface area contributed by atoms with Crippen molar-refractivity contribution in [3.05, 3.63) is 59.7 Å². The molecule has 0 aliphatic heterocycles. The zero-order chi connectivity index (χ0) is 13.5. The molecule has 0 fully saturated rings. The Kier molecular flexibility index (Phi) is 4.56. The topological polar surface area (TPSA) is 52.3 Å². The summed E-state index contributed by atoms with van der Waals surface area (Å²) < 4.78 is 5.62. The van der Waals surface area contributed by atoms with E-state index in [4.69, 9.17) is 10.5 Å². The van der Waals surface area contributed by atoms with Gasteiger partial charge in [0.25, 0.3) is 0 Å². The molecule has 19 heavy (non-hydrogen) atoms. The molecule has 0 aromatic heterocycles. The highest BCUT2D eigenvalue weighted by atomic mass is 16.5. The Morgan fingerprint density at radius 2 is 1.89 bits per heavy atom. The molecule has 0 bridgehead atoms. The lowest BCUT2D eigenvalue weighted by atomic mass is 10.1. The van der Waals surface area contributed by atoms with Crippen LogP contribution < -0.4 is 10.5 Å². The third-order valence-corrected chi connectivity index (χ3v) is 2.88. The van der Waals surface area contributed by atoms with Gasteiger partial charge in [-0.1, -0.05) is 30.3 Å². The summed E-state index contributed by atoms with van der Waals surface area (Å²) in [7, 11) is 0. The van der Waals surface area contributed by atoms with E-state index in [1.54, 1.807) is 18.2 Å². The summed E-state index contributed by atoms with van der Waals surface area (Å²) in [6.45, 7) is 0.611. The van der Waals surface area contributed by atoms with Crippen molar-refractivity contribution >= 4 is 12.0 Å². The van der Waals surface area contributed by atoms with Gasteiger partial charge in [-0.3, -0.25) is 4.79 Å². The molecule has 98 valence electrons. The van der Waals surface area contributed by atoms with Gasteiger partial charge in [0, 0.05) is 5.56 Å². The number of benzene rings is 2. The molecule has 3 nitrogen and oxygen atoms in total. The maximum atomic E-state index is 10.6. The molecule has 0 aliphatic carbocycles. The third kappa shape index (κ3) is 3.85. The van der Waals surface area contributed by atoms with Crippen LogP contribution in [0.2, 0.25) is 0 Å². The largest absolute Gasteiger partial charge is 0.491 e. The van der Waals surface area contributed by atoms with E-state index in [1.807, 2.05) is 18.2 Å². The van der Waals surface area contributed by atoms with Gasteiger partial charge in [-0.15, -0.1) is 0 Å². The van der Waals surface area contributed by atoms with Gasteiger partial charge >= 0.3 is 0 Å². The summed E-state index contributed by atoms with van der Waals surface area (Å²) in [5.74, 6) is 0.638. The number of nitrogen functional groups attached to an aromatic ring is 1. The van der Waals surface area contributed by atoms with Crippen LogP contribution in [0.5, 0.6) is 5.75 Å². The van der Waals surface area contributed by atoms with Crippen LogP contribution in [0.15, 0.2) is 48.5 Å². The van der Waals surface area contributed by atoms with Gasteiger partial charge in [-0.25, -0.2) is 0 Å². The third-order valence-electron chi connectivity index (χ3n) is 2.88. The van der Waals surface area contributed by atoms with Crippen LogP contribution in [0.1, 0.15) is 22.3 Å². The molecule has 0 saturated carbocycles. The number of aryl methyl sites for hydroxylation is 1. The van der Waals surface area contributed by atoms with Crippen LogP contribution in [0.3, 0.4) is 0 Å². The zero-order valence-corrected chi connectivity index (χ0v) is 10.7. The molecule has 0 aliphatic rings. The molecule has 0 unspecified atom stereocenters. The van der Waals surface area contributed by atoms with E-state index < -0.39 is 0 Å². The second kappa shape index (κ2) is 6.59. The van der Waals surface area contributed by atoms with Gasteiger partial charge in [0.05, 0.1) is 12.3 Å². The molecule has 0 radical (unpaired) electrons. The number of hydrogen-bond acceptors (Lipinski definition) is 3. The lowest BCUT2D eigenvalue weighted by Crippen LogP contribution is -2.02. The minimum Gasteiger partial charge on any atom is -0.491 e. The highest BCUT2D eigenvalue weighted by molar-refractivity contribution is 5.78. The highest BCUT2D eigenvalue weighted by Gasteiger charge is 2.01. The van der Waals surface area contributed by atoms with Crippen LogP contribution >= 0.6 is 0 Å². The van der Waals surface area contributed by atoms with Crippen molar-refractivity contribution in [3.63, 3.8) is 0 Å². The van der Waals surface area contributed by atoms with Gasteiger partial charge in [0.15, 0.2) is 0 Å². The summed E-state index contributed by atoms with van der Waals surface area (Å²) in [5.41, 5.74) is 8.18. The lowest BCUT2D eigenvalue weighted by Gasteiger charge is -2.09. The van der Waals surface area contributed by atoms with Crippen LogP contribution in [0, 0.1) is 0 Å². The van der Waals surface area contributed by atoms with Gasteiger partial charge in [-0.05, 0) is 36.6 Å². The van der Waals surface area contributed by atoms with E-state index in [0.29, 0.717) is 23.6 Å². The molecule has 0 saturated heterocycles. The van der Waals surface area contributed by atoms with Gasteiger partial charge < -0.3 is 10.5 Å². The number of nitrogens with two attached hydrogens (primary N) is 1. The quantitative estimate of drug-likeness (QED) is 0.490. The first-order valence-electron chi connectivity index (χ1n) is 6.31. The number of anilines is 1. The Balaban J connectivity index is 1.81. The van der Waals surface area contributed by atoms with Crippen molar-refractivity contribution in [2.45, 2.75) is 12.8 Å². The summed E-state index contributed by atoms with van der Waals surface area (Å²) in [4.78, 5) is 10.6. The van der Waals surface area contributed by atoms with Crippen LogP contribution in [0.4, 0.5) is 5.69 Å². The number of ether oxygens (including phenoxy) is 1. The smallest absolute Gasteiger partial charge is 0.150 e. The fraction of sp³-hybridized carbons (Fsp3) is 0.188. The molecular weight excluding hydrogens is 238 g/mol. The average molecular weight is 255 g/mol. The number of carbonyl (C=O) groups excluding carboxylic acids is 1. The van der Waals surface area contributed by atoms with Crippen LogP contribution in [0.25, 0.3) is 0 Å². The van der Waals surface area contributed by atoms with Crippen LogP contribution in [-0.2, 0) is 6.42 Å². The molecular formula is C16H17NO2. The van der Waals surface area contributed by atoms with E-state index >= 15 is 0 Å². The average Bonchev–Trinajstić information content (AvgIpc) is 2.46. The van der Waals surface area contributed by atoms with Crippen molar-refractivity contribution < 1.29 is 9.53 Å². The first-order chi connectivity index (χ1) is 9.29. The van der Waals surface area contributed by atoms with Crippen LogP contribution in [-0.4, -0.2) is 12.9 Å². The second-order valence-corrected chi connectivity index (χ2v) is 4.35. The van der Waals surface area contributed by atoms with Crippen molar-refractivity contribution in [2.75, 3.05) is 12.3 Å². The predicted molar refractivity (Wildman–Crippen MR) is 76.5 cm³/mol. The number of hydrogen-bond donors (Lipinski definition) is 1. The molecule has 2 aromatic carbocycles. The lowest BCUT2D eigenvalue weighted by molar-refractivity contribution is 0.112. The maximum absolute atomic E-state index is 10.6. The Morgan fingerprint density at radius 1 is 1.11 bits per heavy atom. The molecule has 0 spiro atoms. The Hall–Kier alpha value is -2.29. The molecule has 2 N–H and O–H groups in total. The SMILES string of the molecule is Nc1cc(C=O)ccc1OCCCc1ccccc1. The predicted octanol–water partition coefficient (Wildman–Crippen LogP) is 3.09. The Bertz CT molecular complexity index is 538. The highest BCUT2D eigenvalue weighted by Crippen LogP contribution is 2.22. The molecule has 0 atom stereocenters. The van der Waals surface area contributed by atoms with Crippen molar-refractivity contribution in [1.29, 1.82) is 0 Å². The molecule has 3 heteroatoms. The maximum Gasteiger partial charge on any atom is 0.150 e. The summed E-state index contributed by atoms with van der Waals surface area (Å²) in [6, 6.07) is 15.4. The van der Waals surface area contributed by atoms with E-state index in [9.17, 15) is 4.79 Å². The minimum atomic E-state index is 0.504. The second-order valence-electron chi connectivity index (χ2n) is 4.35. The van der Waals surface area contributed by atoms with Crippen molar-refractivity contribution in [3.8, 4) is 5.75 Å². The first kappa shape index (κ1) is 13.1. The molecule has 2 rings (SSSR count). The fourth-order valence-electron chi connectivity index (χ4n) is 1.87. The van der Waals surface area contributed by atoms with E-state index in [-0.39, 0.29) is 0 Å². The van der Waals surface area contributed by atoms with Crippen molar-refractivity contribution in [1.82, 2.24) is 0 Å². The number of aldehydes is 1. The standard InChI is InChI=1S/C16H17NO2/c17-15-11-14(12-18)8-9-16(15)19-10-4-7-13-5-2-1-3-6-13/h1-3,5-6,8-9,11-12H,4,7,10,17H2. The normalized spacial score (nSPS) is 10.1. The number of rotatable bonds is 6. The van der Waals surface area contributed by atoms with Gasteiger partial charge in [0.1, 0.15) is 12.0 Å². The van der Waals surface area contributed by atoms with E-state index in [0.717, 1.165) is 19.1 Å². The molecule has 2 aromatic rings. The summed E-state index contributed by atoms with van der Waals surface area (Å²) >= 11 is 0. The molecule has 0 amide bonds. The summed E-state index contributed by atoms with van der Waals surface area (Å²) in [5, 5.41) is 0. The Labute approximate surface area is 113 Å². The number of carbonyl (C=O) groups is 1. The van der Waals surface area contributed by atoms with Crippen molar-refractivity contribution in [2.24, 2.45) is 0 Å². The fourth-order valence-corrected chi connectivity index (χ4v) is 1.87. The van der Waals surface area contributed by atoms with Gasteiger partial charge in [-0.2, -0.15) is 0 Å². The summed E-state index contributed by atoms with van der Waals surface area (Å²) in [6.07, 6.45) is 2.68. The minimum absolute atomic E-state index is 0.504. The zero-order valence-electron chi connectivity index (χ0n) is 10.7. The van der Waals surface area contributed by atoms with E-state index in [1.165, 1.54) is 5.56 Å².